The number of aryl methyl sites for hydroxylation is 3. The number of ether oxygens (including phenoxy) is 1. The molecule has 7 heteroatoms. The first-order valence-electron chi connectivity index (χ1n) is 8.82. The first kappa shape index (κ1) is 19.2. The first-order chi connectivity index (χ1) is 12.7. The highest BCUT2D eigenvalue weighted by Gasteiger charge is 2.25. The number of amides is 1. The van der Waals surface area contributed by atoms with Gasteiger partial charge in [0.2, 0.25) is 5.91 Å². The van der Waals surface area contributed by atoms with E-state index < -0.39 is 10.0 Å². The second-order valence-electron chi connectivity index (χ2n) is 6.84. The summed E-state index contributed by atoms with van der Waals surface area (Å²) >= 11 is 0. The van der Waals surface area contributed by atoms with Crippen LogP contribution in [0.2, 0.25) is 0 Å². The van der Waals surface area contributed by atoms with Gasteiger partial charge in [0.1, 0.15) is 5.75 Å². The molecule has 27 heavy (non-hydrogen) atoms. The fourth-order valence-electron chi connectivity index (χ4n) is 3.30. The van der Waals surface area contributed by atoms with Crippen molar-refractivity contribution >= 4 is 27.3 Å². The van der Waals surface area contributed by atoms with Crippen molar-refractivity contribution in [3.05, 3.63) is 47.0 Å². The van der Waals surface area contributed by atoms with Crippen molar-refractivity contribution in [1.82, 2.24) is 0 Å². The van der Waals surface area contributed by atoms with Crippen molar-refractivity contribution < 1.29 is 17.9 Å². The van der Waals surface area contributed by atoms with E-state index in [1.165, 1.54) is 7.11 Å². The fourth-order valence-corrected chi connectivity index (χ4v) is 4.66. The molecule has 0 aromatic heterocycles. The van der Waals surface area contributed by atoms with Crippen molar-refractivity contribution in [2.75, 3.05) is 23.3 Å². The number of benzene rings is 2. The quantitative estimate of drug-likeness (QED) is 0.850. The third-order valence-electron chi connectivity index (χ3n) is 4.88. The molecule has 3 rings (SSSR count). The Balaban J connectivity index is 1.98. The van der Waals surface area contributed by atoms with Gasteiger partial charge in [0, 0.05) is 13.0 Å². The largest absolute Gasteiger partial charge is 0.495 e. The fraction of sp³-hybridized carbons (Fsp3) is 0.350. The summed E-state index contributed by atoms with van der Waals surface area (Å²) in [4.78, 5) is 14.0. The zero-order valence-corrected chi connectivity index (χ0v) is 16.8. The maximum absolute atomic E-state index is 12.9. The van der Waals surface area contributed by atoms with Crippen LogP contribution in [0.4, 0.5) is 11.4 Å². The van der Waals surface area contributed by atoms with E-state index in [9.17, 15) is 13.2 Å². The normalized spacial score (nSPS) is 14.5. The van der Waals surface area contributed by atoms with Crippen LogP contribution in [0, 0.1) is 20.8 Å². The molecule has 6 nitrogen and oxygen atoms in total. The summed E-state index contributed by atoms with van der Waals surface area (Å²) in [6.45, 7) is 6.22. The van der Waals surface area contributed by atoms with Crippen LogP contribution in [0.25, 0.3) is 0 Å². The van der Waals surface area contributed by atoms with Gasteiger partial charge in [-0.25, -0.2) is 8.42 Å². The van der Waals surface area contributed by atoms with E-state index in [1.807, 2.05) is 19.9 Å². The van der Waals surface area contributed by atoms with Crippen LogP contribution in [0.1, 0.15) is 29.5 Å². The highest BCUT2D eigenvalue weighted by atomic mass is 32.2. The molecular formula is C20H24N2O4S. The molecule has 0 atom stereocenters. The van der Waals surface area contributed by atoms with Gasteiger partial charge >= 0.3 is 0 Å². The molecule has 0 saturated carbocycles. The Bertz CT molecular complexity index is 999. The Morgan fingerprint density at radius 3 is 2.37 bits per heavy atom. The van der Waals surface area contributed by atoms with Gasteiger partial charge in [0.05, 0.1) is 23.4 Å². The third kappa shape index (κ3) is 3.78. The second kappa shape index (κ2) is 7.23. The van der Waals surface area contributed by atoms with E-state index in [-0.39, 0.29) is 10.8 Å². The zero-order chi connectivity index (χ0) is 19.8. The summed E-state index contributed by atoms with van der Waals surface area (Å²) in [5.41, 5.74) is 3.62. The summed E-state index contributed by atoms with van der Waals surface area (Å²) in [6.07, 6.45) is 1.26. The second-order valence-corrected chi connectivity index (χ2v) is 8.49. The van der Waals surface area contributed by atoms with Crippen LogP contribution < -0.4 is 14.4 Å². The molecular weight excluding hydrogens is 364 g/mol. The number of methoxy groups -OCH3 is 1. The van der Waals surface area contributed by atoms with Gasteiger partial charge in [-0.05, 0) is 68.1 Å². The lowest BCUT2D eigenvalue weighted by molar-refractivity contribution is -0.117. The molecule has 0 unspecified atom stereocenters. The number of nitrogens with zero attached hydrogens (tertiary/aromatic N) is 1. The molecule has 0 aliphatic carbocycles. The Morgan fingerprint density at radius 1 is 1.04 bits per heavy atom. The zero-order valence-electron chi connectivity index (χ0n) is 16.0. The minimum atomic E-state index is -3.75. The van der Waals surface area contributed by atoms with Gasteiger partial charge in [0.15, 0.2) is 0 Å². The Kier molecular flexibility index (Phi) is 5.15. The van der Waals surface area contributed by atoms with Crippen molar-refractivity contribution in [3.63, 3.8) is 0 Å². The number of carbonyl (C=O) groups excluding carboxylic acids is 1. The minimum Gasteiger partial charge on any atom is -0.495 e. The van der Waals surface area contributed by atoms with Crippen molar-refractivity contribution in [3.8, 4) is 5.75 Å². The van der Waals surface area contributed by atoms with Gasteiger partial charge < -0.3 is 9.64 Å². The van der Waals surface area contributed by atoms with Gasteiger partial charge in [0.25, 0.3) is 10.0 Å². The van der Waals surface area contributed by atoms with Crippen LogP contribution in [-0.2, 0) is 14.8 Å². The smallest absolute Gasteiger partial charge is 0.262 e. The molecule has 2 aromatic carbocycles. The van der Waals surface area contributed by atoms with Crippen molar-refractivity contribution in [1.29, 1.82) is 0 Å². The van der Waals surface area contributed by atoms with E-state index in [2.05, 4.69) is 4.72 Å². The highest BCUT2D eigenvalue weighted by molar-refractivity contribution is 7.92. The van der Waals surface area contributed by atoms with Gasteiger partial charge in [-0.1, -0.05) is 6.07 Å². The maximum atomic E-state index is 12.9. The van der Waals surface area contributed by atoms with E-state index >= 15 is 0 Å². The van der Waals surface area contributed by atoms with Crippen LogP contribution in [0.3, 0.4) is 0 Å². The SMILES string of the molecule is COc1ccc(NS(=O)(=O)c2cc(C)c(C)cc2C)cc1N1CCCC1=O. The van der Waals surface area contributed by atoms with Gasteiger partial charge in [-0.15, -0.1) is 0 Å². The number of rotatable bonds is 5. The van der Waals surface area contributed by atoms with Gasteiger partial charge in [-0.3, -0.25) is 9.52 Å². The van der Waals surface area contributed by atoms with E-state index in [1.54, 1.807) is 36.1 Å². The summed E-state index contributed by atoms with van der Waals surface area (Å²) in [5.74, 6) is 0.550. The first-order valence-corrected chi connectivity index (χ1v) is 10.3. The van der Waals surface area contributed by atoms with Crippen molar-refractivity contribution in [2.24, 2.45) is 0 Å². The molecule has 1 aliphatic rings. The van der Waals surface area contributed by atoms with Crippen LogP contribution in [-0.4, -0.2) is 28.0 Å². The standard InChI is InChI=1S/C20H24N2O4S/c1-13-10-15(3)19(11-14(13)2)27(24,25)21-16-7-8-18(26-4)17(12-16)22-9-5-6-20(22)23/h7-8,10-12,21H,5-6,9H2,1-4H3. The molecule has 144 valence electrons. The molecule has 0 radical (unpaired) electrons. The molecule has 1 saturated heterocycles. The lowest BCUT2D eigenvalue weighted by atomic mass is 10.1. The van der Waals surface area contributed by atoms with Crippen LogP contribution in [0.15, 0.2) is 35.2 Å². The molecule has 2 aromatic rings. The number of anilines is 2. The molecule has 1 aliphatic heterocycles. The maximum Gasteiger partial charge on any atom is 0.262 e. The van der Waals surface area contributed by atoms with Crippen molar-refractivity contribution in [2.45, 2.75) is 38.5 Å². The summed E-state index contributed by atoms with van der Waals surface area (Å²) < 4.78 is 33.8. The topological polar surface area (TPSA) is 75.7 Å². The number of hydrogen-bond acceptors (Lipinski definition) is 4. The Labute approximate surface area is 160 Å². The molecule has 1 fully saturated rings. The number of sulfonamides is 1. The van der Waals surface area contributed by atoms with E-state index in [0.717, 1.165) is 17.5 Å². The van der Waals surface area contributed by atoms with E-state index in [0.29, 0.717) is 35.7 Å². The molecule has 1 N–H and O–H groups in total. The van der Waals surface area contributed by atoms with Gasteiger partial charge in [-0.2, -0.15) is 0 Å². The minimum absolute atomic E-state index is 0.0123. The Morgan fingerprint density at radius 2 is 1.74 bits per heavy atom. The predicted molar refractivity (Wildman–Crippen MR) is 106 cm³/mol. The number of carbonyl (C=O) groups is 1. The average Bonchev–Trinajstić information content (AvgIpc) is 3.03. The molecule has 0 spiro atoms. The molecule has 1 heterocycles. The molecule has 1 amide bonds. The number of nitrogens with one attached hydrogen (secondary N) is 1. The molecule has 0 bridgehead atoms. The Hall–Kier alpha value is -2.54. The monoisotopic (exact) mass is 388 g/mol. The third-order valence-corrected chi connectivity index (χ3v) is 6.40. The van der Waals surface area contributed by atoms with Crippen LogP contribution in [0.5, 0.6) is 5.75 Å². The van der Waals surface area contributed by atoms with E-state index in [4.69, 9.17) is 4.74 Å². The summed E-state index contributed by atoms with van der Waals surface area (Å²) in [7, 11) is -2.22. The average molecular weight is 388 g/mol. The lowest BCUT2D eigenvalue weighted by Gasteiger charge is -2.20. The summed E-state index contributed by atoms with van der Waals surface area (Å²) in [5, 5.41) is 0. The highest BCUT2D eigenvalue weighted by Crippen LogP contribution is 2.35. The van der Waals surface area contributed by atoms with Crippen LogP contribution >= 0.6 is 0 Å². The number of hydrogen-bond donors (Lipinski definition) is 1. The summed E-state index contributed by atoms with van der Waals surface area (Å²) in [6, 6.07) is 8.51. The predicted octanol–water partition coefficient (Wildman–Crippen LogP) is 3.55. The lowest BCUT2D eigenvalue weighted by Crippen LogP contribution is -2.24.